The van der Waals surface area contributed by atoms with Crippen LogP contribution in [-0.2, 0) is 24.2 Å². The summed E-state index contributed by atoms with van der Waals surface area (Å²) < 4.78 is 27.8. The van der Waals surface area contributed by atoms with Crippen molar-refractivity contribution in [3.63, 3.8) is 0 Å². The molecule has 1 fully saturated rings. The van der Waals surface area contributed by atoms with Gasteiger partial charge in [0.15, 0.2) is 15.6 Å². The second-order valence-electron chi connectivity index (χ2n) is 8.59. The molecular formula is C23H29NO6S. The summed E-state index contributed by atoms with van der Waals surface area (Å²) in [6, 6.07) is 7.69. The van der Waals surface area contributed by atoms with Gasteiger partial charge in [0.1, 0.15) is 17.5 Å². The summed E-state index contributed by atoms with van der Waals surface area (Å²) in [4.78, 5) is 17.5. The van der Waals surface area contributed by atoms with Gasteiger partial charge >= 0.3 is 0 Å². The van der Waals surface area contributed by atoms with Crippen molar-refractivity contribution >= 4 is 21.3 Å². The van der Waals surface area contributed by atoms with Crippen LogP contribution in [0.15, 0.2) is 29.4 Å². The molecule has 3 rings (SSSR count). The molecule has 168 valence electrons. The molecule has 0 spiro atoms. The molecule has 0 bridgehead atoms. The van der Waals surface area contributed by atoms with Crippen LogP contribution in [0.4, 0.5) is 0 Å². The number of rotatable bonds is 8. The van der Waals surface area contributed by atoms with E-state index in [-0.39, 0.29) is 6.42 Å². The molecule has 1 saturated carbocycles. The molecule has 0 aromatic heterocycles. The second kappa shape index (κ2) is 9.51. The Morgan fingerprint density at radius 1 is 1.32 bits per heavy atom. The average molecular weight is 448 g/mol. The molecule has 2 atom stereocenters. The van der Waals surface area contributed by atoms with E-state index in [1.165, 1.54) is 6.92 Å². The Kier molecular flexibility index (Phi) is 7.20. The van der Waals surface area contributed by atoms with Crippen molar-refractivity contribution in [3.05, 3.63) is 35.4 Å². The van der Waals surface area contributed by atoms with Crippen molar-refractivity contribution in [2.75, 3.05) is 26.6 Å². The summed E-state index contributed by atoms with van der Waals surface area (Å²) in [7, 11) is -2.01. The molecule has 0 radical (unpaired) electrons. The van der Waals surface area contributed by atoms with Crippen LogP contribution in [0.25, 0.3) is 0 Å². The highest BCUT2D eigenvalue weighted by Gasteiger charge is 2.46. The lowest BCUT2D eigenvalue weighted by Crippen LogP contribution is -2.47. The molecule has 1 aromatic rings. The summed E-state index contributed by atoms with van der Waals surface area (Å²) in [5.74, 6) is 6.83. The van der Waals surface area contributed by atoms with E-state index in [1.807, 2.05) is 24.3 Å². The van der Waals surface area contributed by atoms with Crippen LogP contribution >= 0.6 is 0 Å². The van der Waals surface area contributed by atoms with Gasteiger partial charge in [0.2, 0.25) is 0 Å². The predicted molar refractivity (Wildman–Crippen MR) is 117 cm³/mol. The highest BCUT2D eigenvalue weighted by molar-refractivity contribution is 7.92. The number of ether oxygens (including phenoxy) is 1. The van der Waals surface area contributed by atoms with E-state index in [1.54, 1.807) is 7.11 Å². The summed E-state index contributed by atoms with van der Waals surface area (Å²) in [6.45, 7) is 1.30. The molecule has 2 aliphatic rings. The summed E-state index contributed by atoms with van der Waals surface area (Å²) in [5.41, 5.74) is 2.48. The smallest absolute Gasteiger partial charge is 0.179 e. The van der Waals surface area contributed by atoms with Crippen molar-refractivity contribution in [1.29, 1.82) is 0 Å². The van der Waals surface area contributed by atoms with Gasteiger partial charge in [0.25, 0.3) is 0 Å². The van der Waals surface area contributed by atoms with Crippen molar-refractivity contribution in [1.82, 2.24) is 0 Å². The standard InChI is InChI=1S/C23H29NO6S/c1-23(22(26)14-25,31(3,27)28)13-20-12-21(24-30-20)19-8-6-16(7-9-19)4-5-17-10-18(11-17)15-29-2/h6-9,17-18,20,25H,10-15H2,1-3H3/t17?,18?,20-,23-/m1/s1. The number of benzene rings is 1. The molecule has 8 heteroatoms. The normalized spacial score (nSPS) is 24.8. The quantitative estimate of drug-likeness (QED) is 0.611. The number of methoxy groups -OCH3 is 1. The topological polar surface area (TPSA) is 102 Å². The Morgan fingerprint density at radius 2 is 2.00 bits per heavy atom. The Labute approximate surface area is 183 Å². The zero-order valence-corrected chi connectivity index (χ0v) is 18.9. The van der Waals surface area contributed by atoms with E-state index in [0.717, 1.165) is 36.8 Å². The van der Waals surface area contributed by atoms with Gasteiger partial charge in [-0.15, -0.1) is 0 Å². The van der Waals surface area contributed by atoms with E-state index in [4.69, 9.17) is 9.57 Å². The number of nitrogens with zero attached hydrogens (tertiary/aromatic N) is 1. The zero-order chi connectivity index (χ0) is 22.6. The lowest BCUT2D eigenvalue weighted by molar-refractivity contribution is -0.124. The highest BCUT2D eigenvalue weighted by Crippen LogP contribution is 2.33. The lowest BCUT2D eigenvalue weighted by atomic mass is 9.76. The number of hydrogen-bond acceptors (Lipinski definition) is 7. The van der Waals surface area contributed by atoms with E-state index >= 15 is 0 Å². The Morgan fingerprint density at radius 3 is 2.58 bits per heavy atom. The number of sulfone groups is 1. The van der Waals surface area contributed by atoms with Gasteiger partial charge in [-0.25, -0.2) is 8.42 Å². The summed E-state index contributed by atoms with van der Waals surface area (Å²) in [6.07, 6.45) is 2.94. The number of aliphatic hydroxyl groups is 1. The maximum Gasteiger partial charge on any atom is 0.179 e. The molecule has 1 aliphatic heterocycles. The minimum absolute atomic E-state index is 0.0623. The van der Waals surface area contributed by atoms with Crippen molar-refractivity contribution < 1.29 is 27.9 Å². The number of hydrogen-bond donors (Lipinski definition) is 1. The number of carbonyl (C=O) groups is 1. The molecule has 0 saturated heterocycles. The van der Waals surface area contributed by atoms with E-state index in [9.17, 15) is 18.3 Å². The van der Waals surface area contributed by atoms with E-state index in [2.05, 4.69) is 17.0 Å². The third-order valence-corrected chi connectivity index (χ3v) is 8.21. The number of aliphatic hydroxyl groups excluding tert-OH is 1. The first-order chi connectivity index (χ1) is 14.7. The molecule has 1 N–H and O–H groups in total. The molecule has 1 heterocycles. The van der Waals surface area contributed by atoms with Gasteiger partial charge in [0, 0.05) is 44.3 Å². The van der Waals surface area contributed by atoms with Crippen molar-refractivity contribution in [3.8, 4) is 11.8 Å². The lowest BCUT2D eigenvalue weighted by Gasteiger charge is -2.30. The molecule has 31 heavy (non-hydrogen) atoms. The Bertz CT molecular complexity index is 999. The van der Waals surface area contributed by atoms with Crippen molar-refractivity contribution in [2.24, 2.45) is 17.0 Å². The molecule has 7 nitrogen and oxygen atoms in total. The molecule has 0 unspecified atom stereocenters. The summed E-state index contributed by atoms with van der Waals surface area (Å²) in [5, 5.41) is 13.3. The van der Waals surface area contributed by atoms with E-state index < -0.39 is 33.1 Å². The van der Waals surface area contributed by atoms with Gasteiger partial charge in [-0.1, -0.05) is 29.1 Å². The minimum atomic E-state index is -3.73. The fraction of sp³-hybridized carbons (Fsp3) is 0.565. The molecule has 0 amide bonds. The van der Waals surface area contributed by atoms with Crippen LogP contribution < -0.4 is 0 Å². The first-order valence-corrected chi connectivity index (χ1v) is 12.2. The number of Topliss-reactive ketones (excluding diaryl/α,β-unsaturated/α-hetero) is 1. The Hall–Kier alpha value is -2.21. The fourth-order valence-electron chi connectivity index (χ4n) is 3.94. The monoisotopic (exact) mass is 447 g/mol. The molecule has 1 aliphatic carbocycles. The maximum atomic E-state index is 12.2. The van der Waals surface area contributed by atoms with Gasteiger partial charge in [-0.05, 0) is 43.4 Å². The van der Waals surface area contributed by atoms with Crippen LogP contribution in [-0.4, -0.2) is 62.4 Å². The van der Waals surface area contributed by atoms with Crippen molar-refractivity contribution in [2.45, 2.75) is 43.5 Å². The first kappa shape index (κ1) is 23.5. The molecule has 1 aromatic carbocycles. The number of oxime groups is 1. The van der Waals surface area contributed by atoms with Gasteiger partial charge in [-0.3, -0.25) is 4.79 Å². The third kappa shape index (κ3) is 5.35. The SMILES string of the molecule is COCC1CC(C#Cc2ccc(C3=NO[C@@H](C[C@](C)(C(=O)CO)S(C)(=O)=O)C3)cc2)C1. The predicted octanol–water partition coefficient (Wildman–Crippen LogP) is 1.96. The van der Waals surface area contributed by atoms with Crippen LogP contribution in [0.5, 0.6) is 0 Å². The fourth-order valence-corrected chi connectivity index (χ4v) is 4.91. The third-order valence-electron chi connectivity index (χ3n) is 6.18. The van der Waals surface area contributed by atoms with Gasteiger partial charge < -0.3 is 14.7 Å². The number of carbonyl (C=O) groups excluding carboxylic acids is 1. The maximum absolute atomic E-state index is 12.2. The molecular weight excluding hydrogens is 418 g/mol. The highest BCUT2D eigenvalue weighted by atomic mass is 32.2. The first-order valence-electron chi connectivity index (χ1n) is 10.3. The summed E-state index contributed by atoms with van der Waals surface area (Å²) >= 11 is 0. The van der Waals surface area contributed by atoms with Gasteiger partial charge in [-0.2, -0.15) is 0 Å². The van der Waals surface area contributed by atoms with Crippen LogP contribution in [0, 0.1) is 23.7 Å². The van der Waals surface area contributed by atoms with Crippen LogP contribution in [0.1, 0.15) is 43.7 Å². The largest absolute Gasteiger partial charge is 0.392 e. The van der Waals surface area contributed by atoms with Crippen LogP contribution in [0.2, 0.25) is 0 Å². The second-order valence-corrected chi connectivity index (χ2v) is 11.0. The van der Waals surface area contributed by atoms with Gasteiger partial charge in [0.05, 0.1) is 5.71 Å². The van der Waals surface area contributed by atoms with E-state index in [0.29, 0.717) is 24.0 Å². The number of ketones is 1. The van der Waals surface area contributed by atoms with Crippen LogP contribution in [0.3, 0.4) is 0 Å². The Balaban J connectivity index is 1.59. The minimum Gasteiger partial charge on any atom is -0.392 e. The zero-order valence-electron chi connectivity index (χ0n) is 18.1. The average Bonchev–Trinajstić information content (AvgIpc) is 3.16.